The zero-order valence-electron chi connectivity index (χ0n) is 23.8. The third kappa shape index (κ3) is 7.61. The first-order valence-electron chi connectivity index (χ1n) is 14.2. The Kier molecular flexibility index (Phi) is 9.81. The summed E-state index contributed by atoms with van der Waals surface area (Å²) in [6.45, 7) is 5.05. The van der Waals surface area contributed by atoms with E-state index in [0.29, 0.717) is 18.9 Å². The highest BCUT2D eigenvalue weighted by molar-refractivity contribution is 5.82. The Balaban J connectivity index is 1.19. The molecule has 212 valence electrons. The van der Waals surface area contributed by atoms with E-state index in [-0.39, 0.29) is 6.61 Å². The van der Waals surface area contributed by atoms with Gasteiger partial charge in [-0.1, -0.05) is 89.6 Å². The summed E-state index contributed by atoms with van der Waals surface area (Å²) in [7, 11) is 1.63. The lowest BCUT2D eigenvalue weighted by atomic mass is 9.88. The number of nitrogens with zero attached hydrogens (tertiary/aromatic N) is 2. The van der Waals surface area contributed by atoms with Crippen LogP contribution in [0.2, 0.25) is 0 Å². The average Bonchev–Trinajstić information content (AvgIpc) is 3.45. The number of aliphatic hydroxyl groups excluding tert-OH is 1. The number of piperidine rings is 1. The number of β-amino-alcohol motifs (C(OH)–C–C–N with tert-alkyl or cyclic N) is 1. The molecule has 0 saturated carbocycles. The third-order valence-corrected chi connectivity index (χ3v) is 7.38. The number of aliphatic hydroxyl groups is 1. The number of rotatable bonds is 11. The molecule has 0 aliphatic carbocycles. The van der Waals surface area contributed by atoms with Crippen molar-refractivity contribution in [3.63, 3.8) is 0 Å². The van der Waals surface area contributed by atoms with Gasteiger partial charge in [-0.05, 0) is 54.2 Å². The van der Waals surface area contributed by atoms with Gasteiger partial charge >= 0.3 is 0 Å². The van der Waals surface area contributed by atoms with Crippen molar-refractivity contribution in [1.29, 1.82) is 0 Å². The molecule has 0 bridgehead atoms. The van der Waals surface area contributed by atoms with Crippen molar-refractivity contribution < 1.29 is 19.1 Å². The second-order valence-corrected chi connectivity index (χ2v) is 10.5. The monoisotopic (exact) mass is 550 g/mol. The fraction of sp³-hybridized carbons (Fsp3) is 0.286. The van der Waals surface area contributed by atoms with Crippen LogP contribution in [0.25, 0.3) is 17.2 Å². The maximum Gasteiger partial charge on any atom is 0.160 e. The van der Waals surface area contributed by atoms with Gasteiger partial charge in [0.1, 0.15) is 24.2 Å². The molecule has 0 spiro atoms. The van der Waals surface area contributed by atoms with Crippen molar-refractivity contribution in [2.75, 3.05) is 33.4 Å². The molecule has 1 aliphatic rings. The van der Waals surface area contributed by atoms with Crippen LogP contribution in [0.5, 0.6) is 5.75 Å². The SMILES string of the molecule is COCc1cc(/C=C(/C)c2ccccc2OCC(O)CN2CCC(=C(c3ccccc3)c3ccccc3)CC2)on1. The lowest BCUT2D eigenvalue weighted by Gasteiger charge is -2.31. The number of allylic oxidation sites excluding steroid dienone is 1. The third-order valence-electron chi connectivity index (χ3n) is 7.38. The molecule has 5 rings (SSSR count). The first-order valence-corrected chi connectivity index (χ1v) is 14.2. The van der Waals surface area contributed by atoms with Crippen LogP contribution in [0.4, 0.5) is 0 Å². The van der Waals surface area contributed by atoms with Gasteiger partial charge in [0.25, 0.3) is 0 Å². The Morgan fingerprint density at radius 3 is 2.24 bits per heavy atom. The van der Waals surface area contributed by atoms with Gasteiger partial charge < -0.3 is 19.1 Å². The van der Waals surface area contributed by atoms with Crippen LogP contribution < -0.4 is 4.74 Å². The van der Waals surface area contributed by atoms with Gasteiger partial charge in [0.2, 0.25) is 0 Å². The van der Waals surface area contributed by atoms with Gasteiger partial charge in [-0.25, -0.2) is 0 Å². The zero-order chi connectivity index (χ0) is 28.4. The van der Waals surface area contributed by atoms with E-state index in [9.17, 15) is 5.11 Å². The standard InChI is InChI=1S/C35H38N2O4/c1-26(21-32-22-30(24-39-2)36-41-32)33-15-9-10-16-34(33)40-25-31(38)23-37-19-17-29(18-20-37)35(27-11-5-3-6-12-27)28-13-7-4-8-14-28/h3-16,21-22,31,38H,17-20,23-25H2,1-2H3/b26-21-. The minimum atomic E-state index is -0.591. The van der Waals surface area contributed by atoms with Crippen molar-refractivity contribution in [2.24, 2.45) is 0 Å². The van der Waals surface area contributed by atoms with Gasteiger partial charge in [0.05, 0.1) is 6.61 Å². The lowest BCUT2D eigenvalue weighted by molar-refractivity contribution is 0.0655. The highest BCUT2D eigenvalue weighted by Crippen LogP contribution is 2.32. The van der Waals surface area contributed by atoms with E-state index in [1.165, 1.54) is 22.3 Å². The smallest absolute Gasteiger partial charge is 0.160 e. The molecule has 0 radical (unpaired) electrons. The number of ether oxygens (including phenoxy) is 2. The summed E-state index contributed by atoms with van der Waals surface area (Å²) in [5, 5.41) is 14.9. The average molecular weight is 551 g/mol. The van der Waals surface area contributed by atoms with Crippen LogP contribution in [-0.2, 0) is 11.3 Å². The zero-order valence-corrected chi connectivity index (χ0v) is 23.8. The summed E-state index contributed by atoms with van der Waals surface area (Å²) >= 11 is 0. The maximum atomic E-state index is 10.9. The van der Waals surface area contributed by atoms with Gasteiger partial charge in [-0.15, -0.1) is 0 Å². The summed E-state index contributed by atoms with van der Waals surface area (Å²) in [5.41, 5.74) is 8.02. The van der Waals surface area contributed by atoms with E-state index in [1.807, 2.05) is 43.3 Å². The Morgan fingerprint density at radius 2 is 1.59 bits per heavy atom. The highest BCUT2D eigenvalue weighted by atomic mass is 16.5. The number of methoxy groups -OCH3 is 1. The minimum Gasteiger partial charge on any atom is -0.490 e. The molecule has 6 heteroatoms. The Bertz CT molecular complexity index is 1410. The molecule has 41 heavy (non-hydrogen) atoms. The molecule has 6 nitrogen and oxygen atoms in total. The Labute approximate surface area is 242 Å². The molecule has 3 aromatic carbocycles. The van der Waals surface area contributed by atoms with E-state index in [0.717, 1.165) is 48.5 Å². The van der Waals surface area contributed by atoms with E-state index < -0.39 is 6.10 Å². The van der Waals surface area contributed by atoms with Crippen LogP contribution in [0.15, 0.2) is 101 Å². The molecule has 1 N–H and O–H groups in total. The molecule has 2 heterocycles. The molecule has 1 atom stereocenters. The van der Waals surface area contributed by atoms with E-state index in [4.69, 9.17) is 14.0 Å². The summed E-state index contributed by atoms with van der Waals surface area (Å²) in [6, 6.07) is 31.1. The summed E-state index contributed by atoms with van der Waals surface area (Å²) < 4.78 is 16.7. The van der Waals surface area contributed by atoms with E-state index >= 15 is 0 Å². The van der Waals surface area contributed by atoms with Gasteiger partial charge in [0.15, 0.2) is 5.76 Å². The molecule has 1 aromatic heterocycles. The second-order valence-electron chi connectivity index (χ2n) is 10.5. The van der Waals surface area contributed by atoms with Crippen LogP contribution in [0.1, 0.15) is 47.9 Å². The maximum absolute atomic E-state index is 10.9. The van der Waals surface area contributed by atoms with Crippen molar-refractivity contribution in [2.45, 2.75) is 32.5 Å². The number of aromatic nitrogens is 1. The summed E-state index contributed by atoms with van der Waals surface area (Å²) in [5.74, 6) is 1.39. The van der Waals surface area contributed by atoms with E-state index in [1.54, 1.807) is 7.11 Å². The van der Waals surface area contributed by atoms with Crippen LogP contribution in [0.3, 0.4) is 0 Å². The van der Waals surface area contributed by atoms with Gasteiger partial charge in [-0.2, -0.15) is 0 Å². The fourth-order valence-electron chi connectivity index (χ4n) is 5.40. The summed E-state index contributed by atoms with van der Waals surface area (Å²) in [6.07, 6.45) is 3.30. The van der Waals surface area contributed by atoms with Gasteiger partial charge in [-0.3, -0.25) is 4.90 Å². The summed E-state index contributed by atoms with van der Waals surface area (Å²) in [4.78, 5) is 2.34. The number of hydrogen-bond acceptors (Lipinski definition) is 6. The lowest BCUT2D eigenvalue weighted by Crippen LogP contribution is -2.39. The first-order chi connectivity index (χ1) is 20.1. The molecule has 1 aliphatic heterocycles. The Morgan fingerprint density at radius 1 is 0.951 bits per heavy atom. The Hall–Kier alpha value is -3.97. The predicted molar refractivity (Wildman–Crippen MR) is 163 cm³/mol. The molecule has 1 fully saturated rings. The molecule has 1 unspecified atom stereocenters. The number of hydrogen-bond donors (Lipinski definition) is 1. The molecular formula is C35H38N2O4. The van der Waals surface area contributed by atoms with E-state index in [2.05, 4.69) is 70.7 Å². The number of benzene rings is 3. The quantitative estimate of drug-likeness (QED) is 0.224. The van der Waals surface area contributed by atoms with Crippen LogP contribution in [0, 0.1) is 0 Å². The van der Waals surface area contributed by atoms with Crippen molar-refractivity contribution in [3.8, 4) is 5.75 Å². The molecular weight excluding hydrogens is 512 g/mol. The predicted octanol–water partition coefficient (Wildman–Crippen LogP) is 6.72. The van der Waals surface area contributed by atoms with Crippen LogP contribution in [-0.4, -0.2) is 54.6 Å². The highest BCUT2D eigenvalue weighted by Gasteiger charge is 2.21. The fourth-order valence-corrected chi connectivity index (χ4v) is 5.40. The normalized spacial score (nSPS) is 15.1. The first kappa shape index (κ1) is 28.6. The van der Waals surface area contributed by atoms with Crippen molar-refractivity contribution >= 4 is 17.2 Å². The molecule has 0 amide bonds. The largest absolute Gasteiger partial charge is 0.490 e. The molecule has 4 aromatic rings. The van der Waals surface area contributed by atoms with Gasteiger partial charge in [0, 0.05) is 38.4 Å². The minimum absolute atomic E-state index is 0.225. The number of likely N-dealkylation sites (tertiary alicyclic amines) is 1. The topological polar surface area (TPSA) is 68.0 Å². The molecule has 1 saturated heterocycles. The second kappa shape index (κ2) is 14.1. The van der Waals surface area contributed by atoms with Crippen molar-refractivity contribution in [1.82, 2.24) is 10.1 Å². The van der Waals surface area contributed by atoms with Crippen LogP contribution >= 0.6 is 0 Å². The number of para-hydroxylation sites is 1. The van der Waals surface area contributed by atoms with Crippen molar-refractivity contribution in [3.05, 3.63) is 125 Å².